The molecular formula is C29H33N3O3. The summed E-state index contributed by atoms with van der Waals surface area (Å²) in [5, 5.41) is 5.59. The zero-order chi connectivity index (χ0) is 24.5. The zero-order valence-electron chi connectivity index (χ0n) is 20.3. The van der Waals surface area contributed by atoms with Crippen LogP contribution in [0.5, 0.6) is 5.75 Å². The first kappa shape index (κ1) is 24.5. The van der Waals surface area contributed by atoms with Gasteiger partial charge in [-0.25, -0.2) is 0 Å². The molecule has 6 heteroatoms. The number of hydrogen-bond acceptors (Lipinski definition) is 4. The van der Waals surface area contributed by atoms with Crippen molar-refractivity contribution >= 4 is 11.8 Å². The predicted molar refractivity (Wildman–Crippen MR) is 138 cm³/mol. The normalized spacial score (nSPS) is 13.4. The van der Waals surface area contributed by atoms with Crippen LogP contribution < -0.4 is 15.4 Å². The summed E-state index contributed by atoms with van der Waals surface area (Å²) in [6, 6.07) is 23.6. The monoisotopic (exact) mass is 471 g/mol. The largest absolute Gasteiger partial charge is 0.494 e. The van der Waals surface area contributed by atoms with Crippen LogP contribution in [-0.2, 0) is 17.9 Å². The molecule has 3 aromatic carbocycles. The van der Waals surface area contributed by atoms with Gasteiger partial charge in [-0.1, -0.05) is 48.5 Å². The summed E-state index contributed by atoms with van der Waals surface area (Å²) in [5.41, 5.74) is 5.07. The summed E-state index contributed by atoms with van der Waals surface area (Å²) in [6.07, 6.45) is 2.59. The second-order valence-corrected chi connectivity index (χ2v) is 8.75. The number of hydrogen-bond donors (Lipinski definition) is 2. The summed E-state index contributed by atoms with van der Waals surface area (Å²) >= 11 is 0. The average molecular weight is 472 g/mol. The second kappa shape index (κ2) is 12.2. The maximum absolute atomic E-state index is 12.4. The van der Waals surface area contributed by atoms with Gasteiger partial charge in [0.05, 0.1) is 13.2 Å². The number of carbonyl (C=O) groups excluding carboxylic acids is 2. The van der Waals surface area contributed by atoms with Crippen LogP contribution in [0.2, 0.25) is 0 Å². The van der Waals surface area contributed by atoms with E-state index in [9.17, 15) is 9.59 Å². The fourth-order valence-corrected chi connectivity index (χ4v) is 4.33. The van der Waals surface area contributed by atoms with Gasteiger partial charge in [0.2, 0.25) is 5.91 Å². The van der Waals surface area contributed by atoms with Crippen molar-refractivity contribution in [2.24, 2.45) is 0 Å². The van der Waals surface area contributed by atoms with E-state index in [4.69, 9.17) is 4.74 Å². The summed E-state index contributed by atoms with van der Waals surface area (Å²) in [4.78, 5) is 27.2. The van der Waals surface area contributed by atoms with Gasteiger partial charge in [-0.3, -0.25) is 14.5 Å². The fraction of sp³-hybridized carbons (Fsp3) is 0.310. The quantitative estimate of drug-likeness (QED) is 0.460. The van der Waals surface area contributed by atoms with Crippen LogP contribution in [0.1, 0.15) is 41.3 Å². The third-order valence-corrected chi connectivity index (χ3v) is 6.20. The Morgan fingerprint density at radius 1 is 0.886 bits per heavy atom. The molecular weight excluding hydrogens is 438 g/mol. The first-order valence-corrected chi connectivity index (χ1v) is 12.3. The molecule has 0 radical (unpaired) electrons. The molecule has 0 atom stereocenters. The third kappa shape index (κ3) is 6.93. The number of nitrogens with one attached hydrogen (secondary N) is 2. The highest BCUT2D eigenvalue weighted by Gasteiger charge is 2.13. The SMILES string of the molecule is CCOc1ccc(C(=O)NCC(=O)NCc2ccccc2-c2ccc(CN3CCCC3)cc2)cc1. The summed E-state index contributed by atoms with van der Waals surface area (Å²) in [7, 11) is 0. The Labute approximate surface area is 207 Å². The second-order valence-electron chi connectivity index (χ2n) is 8.75. The highest BCUT2D eigenvalue weighted by atomic mass is 16.5. The van der Waals surface area contributed by atoms with Gasteiger partial charge in [0.15, 0.2) is 0 Å². The minimum absolute atomic E-state index is 0.0839. The molecule has 0 bridgehead atoms. The highest BCUT2D eigenvalue weighted by Crippen LogP contribution is 2.25. The Kier molecular flexibility index (Phi) is 8.52. The van der Waals surface area contributed by atoms with Gasteiger partial charge in [0.25, 0.3) is 5.91 Å². The summed E-state index contributed by atoms with van der Waals surface area (Å²) < 4.78 is 5.39. The standard InChI is InChI=1S/C29H33N3O3/c1-2-35-26-15-13-24(14-16-26)29(34)31-20-28(33)30-19-25-7-3-4-8-27(25)23-11-9-22(10-12-23)21-32-17-5-6-18-32/h3-4,7-16H,2,5-6,17-21H2,1H3,(H,30,33)(H,31,34). The minimum Gasteiger partial charge on any atom is -0.494 e. The van der Waals surface area contributed by atoms with E-state index in [1.807, 2.05) is 25.1 Å². The van der Waals surface area contributed by atoms with Crippen LogP contribution >= 0.6 is 0 Å². The van der Waals surface area contributed by atoms with Gasteiger partial charge in [0, 0.05) is 18.7 Å². The molecule has 0 aromatic heterocycles. The lowest BCUT2D eigenvalue weighted by molar-refractivity contribution is -0.120. The Hall–Kier alpha value is -3.64. The number of carbonyl (C=O) groups is 2. The van der Waals surface area contributed by atoms with Gasteiger partial charge < -0.3 is 15.4 Å². The molecule has 3 aromatic rings. The van der Waals surface area contributed by atoms with E-state index in [1.165, 1.54) is 31.5 Å². The molecule has 35 heavy (non-hydrogen) atoms. The molecule has 0 aliphatic carbocycles. The van der Waals surface area contributed by atoms with Crippen molar-refractivity contribution in [3.63, 3.8) is 0 Å². The van der Waals surface area contributed by atoms with Crippen LogP contribution in [0, 0.1) is 0 Å². The Bertz CT molecular complexity index is 1120. The van der Waals surface area contributed by atoms with E-state index >= 15 is 0 Å². The van der Waals surface area contributed by atoms with Gasteiger partial charge in [-0.05, 0) is 79.4 Å². The van der Waals surface area contributed by atoms with Gasteiger partial charge >= 0.3 is 0 Å². The molecule has 1 saturated heterocycles. The minimum atomic E-state index is -0.294. The molecule has 2 amide bonds. The lowest BCUT2D eigenvalue weighted by Crippen LogP contribution is -2.36. The van der Waals surface area contributed by atoms with Crippen molar-refractivity contribution in [1.82, 2.24) is 15.5 Å². The highest BCUT2D eigenvalue weighted by molar-refractivity contribution is 5.96. The van der Waals surface area contributed by atoms with Gasteiger partial charge in [0.1, 0.15) is 5.75 Å². The Balaban J connectivity index is 1.29. The van der Waals surface area contributed by atoms with Crippen molar-refractivity contribution in [1.29, 1.82) is 0 Å². The van der Waals surface area contributed by atoms with E-state index in [0.29, 0.717) is 24.5 Å². The fourth-order valence-electron chi connectivity index (χ4n) is 4.33. The van der Waals surface area contributed by atoms with Crippen LogP contribution in [0.4, 0.5) is 0 Å². The predicted octanol–water partition coefficient (Wildman–Crippen LogP) is 4.39. The molecule has 1 heterocycles. The lowest BCUT2D eigenvalue weighted by Gasteiger charge is -2.15. The maximum atomic E-state index is 12.4. The van der Waals surface area contributed by atoms with E-state index in [2.05, 4.69) is 45.9 Å². The number of amides is 2. The molecule has 6 nitrogen and oxygen atoms in total. The molecule has 0 saturated carbocycles. The molecule has 0 unspecified atom stereocenters. The number of nitrogens with zero attached hydrogens (tertiary/aromatic N) is 1. The van der Waals surface area contributed by atoms with Gasteiger partial charge in [-0.15, -0.1) is 0 Å². The van der Waals surface area contributed by atoms with Crippen LogP contribution in [0.15, 0.2) is 72.8 Å². The summed E-state index contributed by atoms with van der Waals surface area (Å²) in [5.74, 6) is 0.180. The maximum Gasteiger partial charge on any atom is 0.251 e. The average Bonchev–Trinajstić information content (AvgIpc) is 3.40. The van der Waals surface area contributed by atoms with E-state index in [-0.39, 0.29) is 18.4 Å². The lowest BCUT2D eigenvalue weighted by atomic mass is 9.98. The first-order valence-electron chi connectivity index (χ1n) is 12.3. The number of rotatable bonds is 10. The Morgan fingerprint density at radius 2 is 1.60 bits per heavy atom. The first-order chi connectivity index (χ1) is 17.1. The van der Waals surface area contributed by atoms with Crippen LogP contribution in [-0.4, -0.2) is 43.0 Å². The molecule has 1 fully saturated rings. The zero-order valence-corrected chi connectivity index (χ0v) is 20.3. The van der Waals surface area contributed by atoms with Crippen molar-refractivity contribution in [3.8, 4) is 16.9 Å². The molecule has 1 aliphatic heterocycles. The molecule has 0 spiro atoms. The Morgan fingerprint density at radius 3 is 2.31 bits per heavy atom. The molecule has 2 N–H and O–H groups in total. The van der Waals surface area contributed by atoms with E-state index in [1.54, 1.807) is 24.3 Å². The third-order valence-electron chi connectivity index (χ3n) is 6.20. The van der Waals surface area contributed by atoms with Crippen molar-refractivity contribution < 1.29 is 14.3 Å². The number of ether oxygens (including phenoxy) is 1. The van der Waals surface area contributed by atoms with E-state index in [0.717, 1.165) is 23.2 Å². The van der Waals surface area contributed by atoms with Crippen LogP contribution in [0.3, 0.4) is 0 Å². The summed E-state index contributed by atoms with van der Waals surface area (Å²) in [6.45, 7) is 6.15. The molecule has 182 valence electrons. The van der Waals surface area contributed by atoms with E-state index < -0.39 is 0 Å². The topological polar surface area (TPSA) is 70.7 Å². The number of likely N-dealkylation sites (tertiary alicyclic amines) is 1. The van der Waals surface area contributed by atoms with Crippen molar-refractivity contribution in [3.05, 3.63) is 89.5 Å². The molecule has 1 aliphatic rings. The van der Waals surface area contributed by atoms with Crippen molar-refractivity contribution in [2.75, 3.05) is 26.2 Å². The smallest absolute Gasteiger partial charge is 0.251 e. The van der Waals surface area contributed by atoms with Crippen molar-refractivity contribution in [2.45, 2.75) is 32.9 Å². The van der Waals surface area contributed by atoms with Crippen LogP contribution in [0.25, 0.3) is 11.1 Å². The van der Waals surface area contributed by atoms with Gasteiger partial charge in [-0.2, -0.15) is 0 Å². The molecule has 4 rings (SSSR count). The number of benzene rings is 3.